The Balaban J connectivity index is 1.18. The zero-order valence-electron chi connectivity index (χ0n) is 22.6. The number of nitrogens with one attached hydrogen (secondary N) is 1. The lowest BCUT2D eigenvalue weighted by molar-refractivity contribution is -0.118. The van der Waals surface area contributed by atoms with Gasteiger partial charge in [0.25, 0.3) is 11.8 Å². The van der Waals surface area contributed by atoms with Gasteiger partial charge in [0.1, 0.15) is 11.5 Å². The summed E-state index contributed by atoms with van der Waals surface area (Å²) < 4.78 is 38.1. The molecule has 0 aromatic heterocycles. The lowest BCUT2D eigenvalue weighted by Crippen LogP contribution is -2.37. The highest BCUT2D eigenvalue weighted by molar-refractivity contribution is 7.89. The minimum atomic E-state index is -3.55. The number of anilines is 2. The highest BCUT2D eigenvalue weighted by atomic mass is 32.2. The molecule has 3 aromatic carbocycles. The fourth-order valence-corrected chi connectivity index (χ4v) is 6.46. The minimum absolute atomic E-state index is 0.117. The number of hydrogen-bond acceptors (Lipinski definition) is 6. The van der Waals surface area contributed by atoms with Gasteiger partial charge in [0.2, 0.25) is 10.0 Å². The summed E-state index contributed by atoms with van der Waals surface area (Å²) in [5.74, 6) is 1.12. The molecule has 2 amide bonds. The summed E-state index contributed by atoms with van der Waals surface area (Å²) in [6.45, 7) is 3.50. The Hall–Kier alpha value is -3.89. The largest absolute Gasteiger partial charge is 0.497 e. The van der Waals surface area contributed by atoms with Crippen LogP contribution < -0.4 is 19.7 Å². The standard InChI is InChI=1S/C30H33N3O6S/c1-21-13-16-32(17-14-21)40(36,37)27-11-9-26(10-12-27)39-20-29(34)31-24-6-3-22-15-18-33(28(22)19-24)30(35)23-4-7-25(38-2)8-5-23/h3-12,19,21H,13-18,20H2,1-2H3,(H,31,34). The van der Waals surface area contributed by atoms with E-state index in [0.717, 1.165) is 30.5 Å². The number of methoxy groups -OCH3 is 1. The van der Waals surface area contributed by atoms with E-state index in [4.69, 9.17) is 9.47 Å². The van der Waals surface area contributed by atoms with Crippen molar-refractivity contribution in [2.24, 2.45) is 5.92 Å². The molecule has 2 heterocycles. The number of hydrogen-bond donors (Lipinski definition) is 1. The molecule has 1 fully saturated rings. The predicted octanol–water partition coefficient (Wildman–Crippen LogP) is 4.34. The van der Waals surface area contributed by atoms with E-state index < -0.39 is 10.0 Å². The van der Waals surface area contributed by atoms with E-state index in [-0.39, 0.29) is 23.3 Å². The van der Waals surface area contributed by atoms with Crippen molar-refractivity contribution in [3.8, 4) is 11.5 Å². The van der Waals surface area contributed by atoms with Gasteiger partial charge in [-0.2, -0.15) is 4.31 Å². The van der Waals surface area contributed by atoms with Crippen LogP contribution in [-0.2, 0) is 21.2 Å². The first kappa shape index (κ1) is 27.7. The maximum atomic E-state index is 13.1. The second-order valence-corrected chi connectivity index (χ2v) is 12.1. The molecule has 9 nitrogen and oxygen atoms in total. The number of amides is 2. The topological polar surface area (TPSA) is 105 Å². The summed E-state index contributed by atoms with van der Waals surface area (Å²) in [5, 5.41) is 2.82. The summed E-state index contributed by atoms with van der Waals surface area (Å²) in [6.07, 6.45) is 2.45. The maximum absolute atomic E-state index is 13.1. The van der Waals surface area contributed by atoms with Gasteiger partial charge in [0.05, 0.1) is 12.0 Å². The molecule has 0 aliphatic carbocycles. The van der Waals surface area contributed by atoms with Gasteiger partial charge in [0.15, 0.2) is 6.61 Å². The molecule has 0 spiro atoms. The smallest absolute Gasteiger partial charge is 0.262 e. The van der Waals surface area contributed by atoms with Crippen LogP contribution in [0.15, 0.2) is 71.6 Å². The van der Waals surface area contributed by atoms with Crippen LogP contribution >= 0.6 is 0 Å². The van der Waals surface area contributed by atoms with E-state index in [0.29, 0.717) is 48.3 Å². The molecule has 3 aromatic rings. The number of carbonyl (C=O) groups excluding carboxylic acids is 2. The van der Waals surface area contributed by atoms with Crippen molar-refractivity contribution in [3.05, 3.63) is 77.9 Å². The molecule has 0 saturated carbocycles. The number of piperidine rings is 1. The molecule has 210 valence electrons. The maximum Gasteiger partial charge on any atom is 0.262 e. The van der Waals surface area contributed by atoms with Crippen molar-refractivity contribution in [2.75, 3.05) is 43.6 Å². The third kappa shape index (κ3) is 5.97. The Kier molecular flexibility index (Phi) is 8.09. The number of ether oxygens (including phenoxy) is 2. The van der Waals surface area contributed by atoms with Crippen molar-refractivity contribution in [2.45, 2.75) is 31.1 Å². The van der Waals surface area contributed by atoms with Crippen LogP contribution in [0.2, 0.25) is 0 Å². The number of benzene rings is 3. The second kappa shape index (κ2) is 11.7. The van der Waals surface area contributed by atoms with Gasteiger partial charge >= 0.3 is 0 Å². The molecule has 10 heteroatoms. The Morgan fingerprint density at radius 2 is 1.60 bits per heavy atom. The quantitative estimate of drug-likeness (QED) is 0.437. The number of rotatable bonds is 8. The van der Waals surface area contributed by atoms with Gasteiger partial charge in [-0.1, -0.05) is 13.0 Å². The second-order valence-electron chi connectivity index (χ2n) is 10.2. The van der Waals surface area contributed by atoms with Crippen molar-refractivity contribution in [1.29, 1.82) is 0 Å². The summed E-state index contributed by atoms with van der Waals surface area (Å²) in [6, 6.07) is 18.6. The molecule has 1 saturated heterocycles. The van der Waals surface area contributed by atoms with Gasteiger partial charge in [-0.05, 0) is 91.4 Å². The van der Waals surface area contributed by atoms with Crippen molar-refractivity contribution >= 4 is 33.2 Å². The average molecular weight is 564 g/mol. The SMILES string of the molecule is COc1ccc(C(=O)N2CCc3ccc(NC(=O)COc4ccc(S(=O)(=O)N5CCC(C)CC5)cc4)cc32)cc1. The highest BCUT2D eigenvalue weighted by Crippen LogP contribution is 2.32. The van der Waals surface area contributed by atoms with E-state index in [1.807, 2.05) is 6.07 Å². The van der Waals surface area contributed by atoms with Crippen LogP contribution in [0.3, 0.4) is 0 Å². The molecule has 1 N–H and O–H groups in total. The van der Waals surface area contributed by atoms with Crippen LogP contribution in [-0.4, -0.2) is 57.9 Å². The summed E-state index contributed by atoms with van der Waals surface area (Å²) in [7, 11) is -1.97. The Labute approximate surface area is 234 Å². The fourth-order valence-electron chi connectivity index (χ4n) is 4.99. The van der Waals surface area contributed by atoms with E-state index in [2.05, 4.69) is 12.2 Å². The molecule has 0 bridgehead atoms. The Bertz CT molecular complexity index is 1480. The van der Waals surface area contributed by atoms with E-state index in [1.165, 1.54) is 16.4 Å². The Morgan fingerprint density at radius 1 is 0.925 bits per heavy atom. The molecule has 0 unspecified atom stereocenters. The third-order valence-corrected chi connectivity index (χ3v) is 9.33. The molecule has 2 aliphatic heterocycles. The first-order valence-electron chi connectivity index (χ1n) is 13.4. The summed E-state index contributed by atoms with van der Waals surface area (Å²) in [5.41, 5.74) is 2.91. The zero-order valence-corrected chi connectivity index (χ0v) is 23.4. The third-order valence-electron chi connectivity index (χ3n) is 7.42. The molecule has 5 rings (SSSR count). The number of sulfonamides is 1. The van der Waals surface area contributed by atoms with Crippen molar-refractivity contribution < 1.29 is 27.5 Å². The van der Waals surface area contributed by atoms with Crippen molar-refractivity contribution in [3.63, 3.8) is 0 Å². The normalized spacial score (nSPS) is 15.9. The van der Waals surface area contributed by atoms with Crippen LogP contribution in [0.25, 0.3) is 0 Å². The highest BCUT2D eigenvalue weighted by Gasteiger charge is 2.28. The lowest BCUT2D eigenvalue weighted by atomic mass is 10.0. The first-order chi connectivity index (χ1) is 19.2. The monoisotopic (exact) mass is 563 g/mol. The first-order valence-corrected chi connectivity index (χ1v) is 14.8. The predicted molar refractivity (Wildman–Crippen MR) is 153 cm³/mol. The zero-order chi connectivity index (χ0) is 28.3. The van der Waals surface area contributed by atoms with E-state index >= 15 is 0 Å². The number of fused-ring (bicyclic) bond motifs is 1. The van der Waals surface area contributed by atoms with Gasteiger partial charge in [-0.25, -0.2) is 8.42 Å². The van der Waals surface area contributed by atoms with E-state index in [1.54, 1.807) is 60.5 Å². The van der Waals surface area contributed by atoms with E-state index in [9.17, 15) is 18.0 Å². The van der Waals surface area contributed by atoms with Crippen LogP contribution in [0.1, 0.15) is 35.7 Å². The molecule has 40 heavy (non-hydrogen) atoms. The van der Waals surface area contributed by atoms with Gasteiger partial charge < -0.3 is 19.7 Å². The van der Waals surface area contributed by atoms with Crippen LogP contribution in [0.5, 0.6) is 11.5 Å². The molecular formula is C30H33N3O6S. The van der Waals surface area contributed by atoms with Gasteiger partial charge in [-0.3, -0.25) is 9.59 Å². The minimum Gasteiger partial charge on any atom is -0.497 e. The van der Waals surface area contributed by atoms with Gasteiger partial charge in [-0.15, -0.1) is 0 Å². The Morgan fingerprint density at radius 3 is 2.27 bits per heavy atom. The summed E-state index contributed by atoms with van der Waals surface area (Å²) >= 11 is 0. The van der Waals surface area contributed by atoms with Crippen LogP contribution in [0, 0.1) is 5.92 Å². The van der Waals surface area contributed by atoms with Gasteiger partial charge in [0, 0.05) is 36.6 Å². The fraction of sp³-hybridized carbons (Fsp3) is 0.333. The molecular weight excluding hydrogens is 530 g/mol. The summed E-state index contributed by atoms with van der Waals surface area (Å²) in [4.78, 5) is 27.7. The molecule has 0 atom stereocenters. The molecule has 0 radical (unpaired) electrons. The van der Waals surface area contributed by atoms with Crippen LogP contribution in [0.4, 0.5) is 11.4 Å². The number of nitrogens with zero attached hydrogens (tertiary/aromatic N) is 2. The average Bonchev–Trinajstić information content (AvgIpc) is 3.39. The molecule has 2 aliphatic rings. The number of carbonyl (C=O) groups is 2. The lowest BCUT2D eigenvalue weighted by Gasteiger charge is -2.29. The van der Waals surface area contributed by atoms with Crippen molar-refractivity contribution in [1.82, 2.24) is 4.31 Å².